The van der Waals surface area contributed by atoms with Crippen molar-refractivity contribution in [3.63, 3.8) is 0 Å². The largest absolute Gasteiger partial charge is 0.397 e. The molecule has 2 amide bonds. The third kappa shape index (κ3) is 8.89. The second-order valence-corrected chi connectivity index (χ2v) is 11.1. The summed E-state index contributed by atoms with van der Waals surface area (Å²) in [5, 5.41) is 18.4. The number of carbonyl (C=O) groups excluding carboxylic acids is 2. The second kappa shape index (κ2) is 15.5. The number of carbonyl (C=O) groups is 2. The number of likely N-dealkylation sites (tertiary alicyclic amines) is 1. The maximum absolute atomic E-state index is 13.6. The van der Waals surface area contributed by atoms with Crippen molar-refractivity contribution in [2.75, 3.05) is 42.5 Å². The van der Waals surface area contributed by atoms with E-state index in [1.165, 1.54) is 25.3 Å². The number of nitrogens with two attached hydrogens (primary N) is 1. The van der Waals surface area contributed by atoms with E-state index < -0.39 is 6.04 Å². The van der Waals surface area contributed by atoms with Crippen LogP contribution in [-0.2, 0) is 9.59 Å². The number of nitrogen functional groups attached to an aromatic ring is 1. The first-order valence-corrected chi connectivity index (χ1v) is 15.3. The highest BCUT2D eigenvalue weighted by atomic mass is 16.2. The minimum atomic E-state index is -0.560. The van der Waals surface area contributed by atoms with Gasteiger partial charge in [-0.2, -0.15) is 5.26 Å². The van der Waals surface area contributed by atoms with E-state index in [0.717, 1.165) is 41.9 Å². The lowest BCUT2D eigenvalue weighted by molar-refractivity contribution is -0.118. The molecule has 0 radical (unpaired) electrons. The summed E-state index contributed by atoms with van der Waals surface area (Å²) in [6.07, 6.45) is 6.90. The Balaban J connectivity index is 1.25. The first-order chi connectivity index (χ1) is 22.0. The highest BCUT2D eigenvalue weighted by Gasteiger charge is 2.21. The molecule has 0 spiro atoms. The molecule has 0 saturated carbocycles. The molecule has 8 nitrogen and oxygen atoms in total. The number of hydrogen-bond donors (Lipinski definition) is 4. The molecule has 0 aromatic heterocycles. The first-order valence-electron chi connectivity index (χ1n) is 15.3. The number of nitriles is 1. The van der Waals surface area contributed by atoms with Crippen LogP contribution in [0.2, 0.25) is 0 Å². The van der Waals surface area contributed by atoms with Gasteiger partial charge in [-0.3, -0.25) is 9.59 Å². The average molecular weight is 599 g/mol. The van der Waals surface area contributed by atoms with Gasteiger partial charge in [-0.1, -0.05) is 67.1 Å². The number of nitrogens with zero attached hydrogens (tertiary/aromatic N) is 2. The van der Waals surface area contributed by atoms with Crippen LogP contribution >= 0.6 is 0 Å². The summed E-state index contributed by atoms with van der Waals surface area (Å²) in [6.45, 7) is 3.75. The van der Waals surface area contributed by atoms with Crippen LogP contribution in [-0.4, -0.2) is 42.9 Å². The monoisotopic (exact) mass is 598 g/mol. The van der Waals surface area contributed by atoms with Gasteiger partial charge in [0.25, 0.3) is 0 Å². The summed E-state index contributed by atoms with van der Waals surface area (Å²) in [6, 6.07) is 31.4. The fourth-order valence-electron chi connectivity index (χ4n) is 5.37. The Hall–Kier alpha value is -5.23. The molecular formula is C37H38N6O2. The third-order valence-corrected chi connectivity index (χ3v) is 7.90. The van der Waals surface area contributed by atoms with Gasteiger partial charge in [0.05, 0.1) is 23.0 Å². The molecule has 1 fully saturated rings. The SMILES string of the molecule is N#Cc1ccc(-c2ccc(NC(=O)C(NCCN3CCCCC3)c3ccc(/C=C/C(=O)Nc4ccccc4N)cc3)cc2)cc1. The van der Waals surface area contributed by atoms with E-state index in [4.69, 9.17) is 11.0 Å². The Kier molecular flexibility index (Phi) is 10.7. The van der Waals surface area contributed by atoms with Gasteiger partial charge in [0, 0.05) is 24.9 Å². The molecule has 5 N–H and O–H groups in total. The zero-order chi connectivity index (χ0) is 31.4. The Bertz CT molecular complexity index is 1650. The normalized spacial score (nSPS) is 14.0. The number of piperidine rings is 1. The molecule has 1 atom stereocenters. The first kappa shape index (κ1) is 31.2. The van der Waals surface area contributed by atoms with Crippen molar-refractivity contribution < 1.29 is 9.59 Å². The van der Waals surface area contributed by atoms with Gasteiger partial charge < -0.3 is 26.6 Å². The minimum absolute atomic E-state index is 0.150. The molecule has 0 bridgehead atoms. The molecule has 45 heavy (non-hydrogen) atoms. The van der Waals surface area contributed by atoms with E-state index in [-0.39, 0.29) is 11.8 Å². The average Bonchev–Trinajstić information content (AvgIpc) is 3.08. The maximum atomic E-state index is 13.6. The zero-order valence-electron chi connectivity index (χ0n) is 25.2. The Morgan fingerprint density at radius 3 is 2.18 bits per heavy atom. The lowest BCUT2D eigenvalue weighted by Gasteiger charge is -2.27. The molecular weight excluding hydrogens is 560 g/mol. The van der Waals surface area contributed by atoms with E-state index in [9.17, 15) is 9.59 Å². The Morgan fingerprint density at radius 2 is 1.51 bits per heavy atom. The van der Waals surface area contributed by atoms with Crippen LogP contribution in [0.1, 0.15) is 42.0 Å². The summed E-state index contributed by atoms with van der Waals surface area (Å²) in [5.74, 6) is -0.429. The molecule has 1 saturated heterocycles. The van der Waals surface area contributed by atoms with E-state index in [1.54, 1.807) is 30.3 Å². The summed E-state index contributed by atoms with van der Waals surface area (Å²) < 4.78 is 0. The topological polar surface area (TPSA) is 123 Å². The fourth-order valence-corrected chi connectivity index (χ4v) is 5.37. The van der Waals surface area contributed by atoms with Crippen LogP contribution in [0.5, 0.6) is 0 Å². The van der Waals surface area contributed by atoms with Crippen molar-refractivity contribution in [2.24, 2.45) is 0 Å². The van der Waals surface area contributed by atoms with Gasteiger partial charge in [-0.05, 0) is 90.7 Å². The number of amides is 2. The molecule has 5 rings (SSSR count). The number of rotatable bonds is 11. The van der Waals surface area contributed by atoms with Crippen molar-refractivity contribution in [1.82, 2.24) is 10.2 Å². The smallest absolute Gasteiger partial charge is 0.248 e. The molecule has 1 unspecified atom stereocenters. The van der Waals surface area contributed by atoms with Crippen LogP contribution in [0.3, 0.4) is 0 Å². The van der Waals surface area contributed by atoms with Gasteiger partial charge in [0.2, 0.25) is 11.8 Å². The highest BCUT2D eigenvalue weighted by molar-refractivity contribution is 6.03. The Labute approximate surface area is 264 Å². The van der Waals surface area contributed by atoms with E-state index in [0.29, 0.717) is 29.2 Å². The van der Waals surface area contributed by atoms with Crippen molar-refractivity contribution in [2.45, 2.75) is 25.3 Å². The van der Waals surface area contributed by atoms with Gasteiger partial charge in [-0.25, -0.2) is 0 Å². The number of nitrogens with one attached hydrogen (secondary N) is 3. The highest BCUT2D eigenvalue weighted by Crippen LogP contribution is 2.24. The standard InChI is InChI=1S/C37H38N6O2/c38-26-28-10-13-29(14-11-28)30-17-19-32(20-18-30)41-37(45)36(40-22-25-43-23-4-1-5-24-43)31-15-8-27(9-16-31)12-21-35(44)42-34-7-3-2-6-33(34)39/h2-3,6-21,36,40H,1,4-5,22-25,39H2,(H,41,45)(H,42,44)/b21-12+. The van der Waals surface area contributed by atoms with Gasteiger partial charge in [0.1, 0.15) is 6.04 Å². The molecule has 228 valence electrons. The molecule has 4 aromatic rings. The number of hydrogen-bond acceptors (Lipinski definition) is 6. The zero-order valence-corrected chi connectivity index (χ0v) is 25.2. The Morgan fingerprint density at radius 1 is 0.844 bits per heavy atom. The van der Waals surface area contributed by atoms with Gasteiger partial charge in [0.15, 0.2) is 0 Å². The van der Waals surface area contributed by atoms with Crippen molar-refractivity contribution in [3.8, 4) is 17.2 Å². The van der Waals surface area contributed by atoms with Crippen LogP contribution in [0, 0.1) is 11.3 Å². The summed E-state index contributed by atoms with van der Waals surface area (Å²) >= 11 is 0. The van der Waals surface area contributed by atoms with E-state index in [1.807, 2.05) is 72.8 Å². The molecule has 8 heteroatoms. The van der Waals surface area contributed by atoms with Crippen molar-refractivity contribution >= 4 is 35.0 Å². The molecule has 1 aliphatic heterocycles. The van der Waals surface area contributed by atoms with Crippen LogP contribution < -0.4 is 21.7 Å². The van der Waals surface area contributed by atoms with Crippen molar-refractivity contribution in [3.05, 3.63) is 120 Å². The molecule has 1 heterocycles. The predicted molar refractivity (Wildman–Crippen MR) is 181 cm³/mol. The third-order valence-electron chi connectivity index (χ3n) is 7.90. The number of anilines is 3. The minimum Gasteiger partial charge on any atom is -0.397 e. The fraction of sp³-hybridized carbons (Fsp3) is 0.216. The maximum Gasteiger partial charge on any atom is 0.248 e. The summed E-state index contributed by atoms with van der Waals surface area (Å²) in [5.41, 5.74) is 12.0. The lowest BCUT2D eigenvalue weighted by atomic mass is 10.0. The summed E-state index contributed by atoms with van der Waals surface area (Å²) in [4.78, 5) is 28.5. The molecule has 0 aliphatic carbocycles. The van der Waals surface area contributed by atoms with Crippen LogP contribution in [0.4, 0.5) is 17.1 Å². The van der Waals surface area contributed by atoms with E-state index >= 15 is 0 Å². The second-order valence-electron chi connectivity index (χ2n) is 11.1. The van der Waals surface area contributed by atoms with Gasteiger partial charge in [-0.15, -0.1) is 0 Å². The van der Waals surface area contributed by atoms with Gasteiger partial charge >= 0.3 is 0 Å². The lowest BCUT2D eigenvalue weighted by Crippen LogP contribution is -2.40. The number of para-hydroxylation sites is 2. The van der Waals surface area contributed by atoms with Crippen LogP contribution in [0.15, 0.2) is 103 Å². The molecule has 4 aromatic carbocycles. The predicted octanol–water partition coefficient (Wildman–Crippen LogP) is 6.21. The van der Waals surface area contributed by atoms with Crippen LogP contribution in [0.25, 0.3) is 17.2 Å². The molecule has 1 aliphatic rings. The van der Waals surface area contributed by atoms with Crippen molar-refractivity contribution in [1.29, 1.82) is 5.26 Å². The number of benzene rings is 4. The quantitative estimate of drug-likeness (QED) is 0.120. The van der Waals surface area contributed by atoms with E-state index in [2.05, 4.69) is 26.9 Å². The summed E-state index contributed by atoms with van der Waals surface area (Å²) in [7, 11) is 0.